The maximum Gasteiger partial charge on any atom is 0.216 e. The normalized spacial score (nSPS) is 14.8. The molecular weight excluding hydrogens is 264 g/mol. The fourth-order valence-electron chi connectivity index (χ4n) is 2.89. The second-order valence-corrected chi connectivity index (χ2v) is 5.37. The zero-order valence-electron chi connectivity index (χ0n) is 12.2. The van der Waals surface area contributed by atoms with Crippen LogP contribution in [0.4, 0.5) is 0 Å². The van der Waals surface area contributed by atoms with Gasteiger partial charge in [0.2, 0.25) is 5.88 Å². The Bertz CT molecular complexity index is 629. The number of methoxy groups -OCH3 is 1. The Morgan fingerprint density at radius 2 is 2.10 bits per heavy atom. The van der Waals surface area contributed by atoms with Crippen molar-refractivity contribution in [3.63, 3.8) is 0 Å². The molecule has 0 radical (unpaired) electrons. The van der Waals surface area contributed by atoms with Crippen LogP contribution in [-0.4, -0.2) is 17.1 Å². The average Bonchev–Trinajstić information content (AvgIpc) is 3.00. The lowest BCUT2D eigenvalue weighted by molar-refractivity contribution is 0.393. The topological polar surface area (TPSA) is 73.1 Å². The first-order valence-electron chi connectivity index (χ1n) is 7.23. The van der Waals surface area contributed by atoms with Crippen LogP contribution in [0.1, 0.15) is 34.8 Å². The molecule has 3 rings (SSSR count). The summed E-state index contributed by atoms with van der Waals surface area (Å²) < 4.78 is 5.14. The number of ether oxygens (including phenoxy) is 1. The maximum atomic E-state index is 5.71. The maximum absolute atomic E-state index is 5.71. The van der Waals surface area contributed by atoms with Crippen molar-refractivity contribution in [3.05, 3.63) is 53.0 Å². The van der Waals surface area contributed by atoms with Crippen LogP contribution in [-0.2, 0) is 19.3 Å². The van der Waals surface area contributed by atoms with Gasteiger partial charge in [-0.1, -0.05) is 18.2 Å². The number of fused-ring (bicyclic) bond motifs is 1. The standard InChI is InChI=1S/C16H20N4O/c1-21-16-9-14(18-10-19-16)15(20-17)8-11-5-6-12-3-2-4-13(12)7-11/h5-7,9-10,15,20H,2-4,8,17H2,1H3. The molecule has 110 valence electrons. The van der Waals surface area contributed by atoms with Gasteiger partial charge in [0, 0.05) is 6.07 Å². The number of nitrogens with two attached hydrogens (primary N) is 1. The van der Waals surface area contributed by atoms with Gasteiger partial charge < -0.3 is 4.74 Å². The number of benzene rings is 1. The van der Waals surface area contributed by atoms with Gasteiger partial charge in [-0.2, -0.15) is 0 Å². The summed E-state index contributed by atoms with van der Waals surface area (Å²) in [5.41, 5.74) is 7.91. The van der Waals surface area contributed by atoms with Crippen LogP contribution in [0.25, 0.3) is 0 Å². The van der Waals surface area contributed by atoms with E-state index in [9.17, 15) is 0 Å². The molecule has 0 saturated heterocycles. The van der Waals surface area contributed by atoms with E-state index in [1.54, 1.807) is 7.11 Å². The molecule has 0 amide bonds. The number of nitrogens with zero attached hydrogens (tertiary/aromatic N) is 2. The number of rotatable bonds is 5. The molecule has 0 bridgehead atoms. The summed E-state index contributed by atoms with van der Waals surface area (Å²) in [5.74, 6) is 6.26. The van der Waals surface area contributed by atoms with Crippen LogP contribution in [0.2, 0.25) is 0 Å². The molecule has 1 heterocycles. The zero-order chi connectivity index (χ0) is 14.7. The predicted molar refractivity (Wildman–Crippen MR) is 80.8 cm³/mol. The minimum Gasteiger partial charge on any atom is -0.481 e. The van der Waals surface area contributed by atoms with Crippen molar-refractivity contribution in [2.75, 3.05) is 7.11 Å². The second-order valence-electron chi connectivity index (χ2n) is 5.37. The van der Waals surface area contributed by atoms with Crippen molar-refractivity contribution in [3.8, 4) is 5.88 Å². The van der Waals surface area contributed by atoms with Gasteiger partial charge >= 0.3 is 0 Å². The lowest BCUT2D eigenvalue weighted by Crippen LogP contribution is -2.30. The molecule has 0 spiro atoms. The van der Waals surface area contributed by atoms with Crippen molar-refractivity contribution in [2.45, 2.75) is 31.7 Å². The Kier molecular flexibility index (Phi) is 4.13. The first-order valence-corrected chi connectivity index (χ1v) is 7.23. The van der Waals surface area contributed by atoms with E-state index in [1.165, 1.54) is 42.3 Å². The van der Waals surface area contributed by atoms with Crippen LogP contribution < -0.4 is 16.0 Å². The molecule has 21 heavy (non-hydrogen) atoms. The highest BCUT2D eigenvalue weighted by atomic mass is 16.5. The van der Waals surface area contributed by atoms with Gasteiger partial charge in [-0.15, -0.1) is 0 Å². The van der Waals surface area contributed by atoms with Gasteiger partial charge in [0.1, 0.15) is 6.33 Å². The summed E-state index contributed by atoms with van der Waals surface area (Å²) in [5, 5.41) is 0. The fraction of sp³-hybridized carbons (Fsp3) is 0.375. The molecule has 1 aliphatic carbocycles. The Balaban J connectivity index is 1.80. The molecule has 0 fully saturated rings. The van der Waals surface area contributed by atoms with Gasteiger partial charge in [-0.3, -0.25) is 11.3 Å². The highest BCUT2D eigenvalue weighted by Gasteiger charge is 2.16. The quantitative estimate of drug-likeness (QED) is 0.646. The molecule has 5 heteroatoms. The molecule has 1 atom stereocenters. The highest BCUT2D eigenvalue weighted by Crippen LogP contribution is 2.25. The third kappa shape index (κ3) is 3.04. The second kappa shape index (κ2) is 6.20. The molecule has 2 aromatic rings. The van der Waals surface area contributed by atoms with Gasteiger partial charge in [0.15, 0.2) is 0 Å². The van der Waals surface area contributed by atoms with Crippen LogP contribution in [0.15, 0.2) is 30.6 Å². The van der Waals surface area contributed by atoms with E-state index >= 15 is 0 Å². The average molecular weight is 284 g/mol. The minimum absolute atomic E-state index is 0.0543. The van der Waals surface area contributed by atoms with E-state index < -0.39 is 0 Å². The number of hydrogen-bond acceptors (Lipinski definition) is 5. The van der Waals surface area contributed by atoms with E-state index in [4.69, 9.17) is 10.6 Å². The first kappa shape index (κ1) is 14.0. The van der Waals surface area contributed by atoms with Gasteiger partial charge in [0.25, 0.3) is 0 Å². The summed E-state index contributed by atoms with van der Waals surface area (Å²) in [6.45, 7) is 0. The van der Waals surface area contributed by atoms with Crippen molar-refractivity contribution in [1.82, 2.24) is 15.4 Å². The highest BCUT2D eigenvalue weighted by molar-refractivity contribution is 5.36. The molecule has 0 saturated carbocycles. The van der Waals surface area contributed by atoms with Gasteiger partial charge in [-0.25, -0.2) is 9.97 Å². The van der Waals surface area contributed by atoms with Crippen molar-refractivity contribution >= 4 is 0 Å². The predicted octanol–water partition coefficient (Wildman–Crippen LogP) is 1.72. The Labute approximate surface area is 124 Å². The SMILES string of the molecule is COc1cc(C(Cc2ccc3c(c2)CCC3)NN)ncn1. The molecule has 1 aliphatic rings. The van der Waals surface area contributed by atoms with E-state index in [0.29, 0.717) is 5.88 Å². The minimum atomic E-state index is -0.0543. The van der Waals surface area contributed by atoms with Crippen molar-refractivity contribution < 1.29 is 4.74 Å². The summed E-state index contributed by atoms with van der Waals surface area (Å²) in [4.78, 5) is 8.32. The third-order valence-corrected chi connectivity index (χ3v) is 4.03. The third-order valence-electron chi connectivity index (χ3n) is 4.03. The Morgan fingerprint density at radius 3 is 2.90 bits per heavy atom. The Morgan fingerprint density at radius 1 is 1.24 bits per heavy atom. The molecule has 3 N–H and O–H groups in total. The van der Waals surface area contributed by atoms with E-state index in [-0.39, 0.29) is 6.04 Å². The molecule has 1 unspecified atom stereocenters. The van der Waals surface area contributed by atoms with E-state index in [1.807, 2.05) is 6.07 Å². The lowest BCUT2D eigenvalue weighted by Gasteiger charge is -2.16. The number of aromatic nitrogens is 2. The van der Waals surface area contributed by atoms with E-state index in [2.05, 4.69) is 33.6 Å². The van der Waals surface area contributed by atoms with Crippen molar-refractivity contribution in [2.24, 2.45) is 5.84 Å². The summed E-state index contributed by atoms with van der Waals surface area (Å²) in [7, 11) is 1.59. The molecule has 5 nitrogen and oxygen atoms in total. The number of hydrogen-bond donors (Lipinski definition) is 2. The summed E-state index contributed by atoms with van der Waals surface area (Å²) in [6.07, 6.45) is 5.95. The molecule has 1 aromatic heterocycles. The molecular formula is C16H20N4O. The Hall–Kier alpha value is -1.98. The molecule has 0 aliphatic heterocycles. The fourth-order valence-corrected chi connectivity index (χ4v) is 2.89. The monoisotopic (exact) mass is 284 g/mol. The van der Waals surface area contributed by atoms with Gasteiger partial charge in [-0.05, 0) is 42.4 Å². The van der Waals surface area contributed by atoms with Crippen LogP contribution >= 0.6 is 0 Å². The summed E-state index contributed by atoms with van der Waals surface area (Å²) in [6, 6.07) is 8.49. The van der Waals surface area contributed by atoms with E-state index in [0.717, 1.165) is 12.1 Å². The van der Waals surface area contributed by atoms with Crippen LogP contribution in [0.5, 0.6) is 5.88 Å². The van der Waals surface area contributed by atoms with Crippen LogP contribution in [0.3, 0.4) is 0 Å². The molecule has 1 aromatic carbocycles. The smallest absolute Gasteiger partial charge is 0.216 e. The van der Waals surface area contributed by atoms with Crippen molar-refractivity contribution in [1.29, 1.82) is 0 Å². The number of hydrazine groups is 1. The number of aryl methyl sites for hydroxylation is 2. The number of nitrogens with one attached hydrogen (secondary N) is 1. The van der Waals surface area contributed by atoms with Crippen LogP contribution in [0, 0.1) is 0 Å². The van der Waals surface area contributed by atoms with Gasteiger partial charge in [0.05, 0.1) is 18.8 Å². The largest absolute Gasteiger partial charge is 0.481 e. The first-order chi connectivity index (χ1) is 10.3. The zero-order valence-corrected chi connectivity index (χ0v) is 12.2. The lowest BCUT2D eigenvalue weighted by atomic mass is 9.99. The summed E-state index contributed by atoms with van der Waals surface area (Å²) >= 11 is 0.